The number of aromatic nitrogens is 1. The van der Waals surface area contributed by atoms with Crippen LogP contribution in [0, 0.1) is 5.92 Å². The largest absolute Gasteiger partial charge is 0.324 e. The molecule has 0 aliphatic rings. The van der Waals surface area contributed by atoms with Gasteiger partial charge in [0.25, 0.3) is 0 Å². The summed E-state index contributed by atoms with van der Waals surface area (Å²) in [5.74, 6) is 0.509. The van der Waals surface area contributed by atoms with Crippen LogP contribution >= 0.6 is 28.3 Å². The monoisotopic (exact) mass is 278 g/mol. The van der Waals surface area contributed by atoms with E-state index in [9.17, 15) is 0 Å². The fourth-order valence-corrected chi connectivity index (χ4v) is 1.59. The van der Waals surface area contributed by atoms with E-state index in [1.807, 2.05) is 12.1 Å². The predicted molar refractivity (Wildman–Crippen MR) is 65.6 cm³/mol. The zero-order valence-corrected chi connectivity index (χ0v) is 10.8. The van der Waals surface area contributed by atoms with Crippen LogP contribution < -0.4 is 5.73 Å². The van der Waals surface area contributed by atoms with Gasteiger partial charge in [-0.1, -0.05) is 20.3 Å². The average molecular weight is 280 g/mol. The van der Waals surface area contributed by atoms with Crippen molar-refractivity contribution in [2.45, 2.75) is 26.3 Å². The molecule has 14 heavy (non-hydrogen) atoms. The zero-order chi connectivity index (χ0) is 9.84. The van der Waals surface area contributed by atoms with Gasteiger partial charge in [-0.3, -0.25) is 0 Å². The Balaban J connectivity index is 0.00000169. The van der Waals surface area contributed by atoms with E-state index in [2.05, 4.69) is 34.8 Å². The third-order valence-electron chi connectivity index (χ3n) is 2.39. The number of nitrogens with two attached hydrogens (primary N) is 1. The first kappa shape index (κ1) is 13.9. The minimum Gasteiger partial charge on any atom is -0.324 e. The highest BCUT2D eigenvalue weighted by Crippen LogP contribution is 2.22. The van der Waals surface area contributed by atoms with E-state index < -0.39 is 0 Å². The zero-order valence-electron chi connectivity index (χ0n) is 8.40. The Hall–Kier alpha value is -0.120. The normalized spacial score (nSPS) is 14.3. The first-order chi connectivity index (χ1) is 6.15. The van der Waals surface area contributed by atoms with E-state index in [-0.39, 0.29) is 18.4 Å². The molecule has 0 fully saturated rings. The van der Waals surface area contributed by atoms with Gasteiger partial charge in [0.2, 0.25) is 0 Å². The molecular formula is C10H16BrClN2. The Morgan fingerprint density at radius 3 is 2.71 bits per heavy atom. The van der Waals surface area contributed by atoms with Crippen LogP contribution in [0.3, 0.4) is 0 Å². The molecule has 1 aromatic rings. The summed E-state index contributed by atoms with van der Waals surface area (Å²) in [5, 5.41) is 0. The third-order valence-corrected chi connectivity index (χ3v) is 2.83. The maximum Gasteiger partial charge on any atom is 0.106 e. The van der Waals surface area contributed by atoms with E-state index >= 15 is 0 Å². The predicted octanol–water partition coefficient (Wildman–Crippen LogP) is 3.31. The van der Waals surface area contributed by atoms with E-state index in [4.69, 9.17) is 5.73 Å². The smallest absolute Gasteiger partial charge is 0.106 e. The molecule has 0 aliphatic carbocycles. The molecule has 0 bridgehead atoms. The first-order valence-electron chi connectivity index (χ1n) is 4.52. The van der Waals surface area contributed by atoms with Crippen LogP contribution in [-0.2, 0) is 0 Å². The molecule has 1 rings (SSSR count). The molecule has 4 heteroatoms. The third kappa shape index (κ3) is 3.56. The quantitative estimate of drug-likeness (QED) is 0.862. The summed E-state index contributed by atoms with van der Waals surface area (Å²) in [6.07, 6.45) is 2.88. The lowest BCUT2D eigenvalue weighted by Crippen LogP contribution is -2.18. The molecule has 1 unspecified atom stereocenters. The Morgan fingerprint density at radius 2 is 2.21 bits per heavy atom. The summed E-state index contributed by atoms with van der Waals surface area (Å²) in [6, 6.07) is 4.07. The van der Waals surface area contributed by atoms with Gasteiger partial charge in [-0.2, -0.15) is 0 Å². The van der Waals surface area contributed by atoms with Crippen LogP contribution in [0.25, 0.3) is 0 Å². The fraction of sp³-hybridized carbons (Fsp3) is 0.500. The van der Waals surface area contributed by atoms with Gasteiger partial charge in [0, 0.05) is 12.2 Å². The minimum absolute atomic E-state index is 0. The van der Waals surface area contributed by atoms with Crippen molar-refractivity contribution in [2.24, 2.45) is 11.7 Å². The number of rotatable bonds is 3. The van der Waals surface area contributed by atoms with Gasteiger partial charge in [-0.05, 0) is 39.5 Å². The van der Waals surface area contributed by atoms with Crippen LogP contribution in [0.1, 0.15) is 31.9 Å². The lowest BCUT2D eigenvalue weighted by molar-refractivity contribution is 0.456. The molecule has 0 spiro atoms. The maximum absolute atomic E-state index is 6.07. The summed E-state index contributed by atoms with van der Waals surface area (Å²) >= 11 is 3.33. The second kappa shape index (κ2) is 6.38. The summed E-state index contributed by atoms with van der Waals surface area (Å²) in [5.41, 5.74) is 7.22. The molecule has 0 aromatic carbocycles. The summed E-state index contributed by atoms with van der Waals surface area (Å²) in [4.78, 5) is 4.07. The second-order valence-corrected chi connectivity index (χ2v) is 4.14. The van der Waals surface area contributed by atoms with E-state index in [0.29, 0.717) is 5.92 Å². The Morgan fingerprint density at radius 1 is 1.57 bits per heavy atom. The van der Waals surface area contributed by atoms with Crippen molar-refractivity contribution in [3.8, 4) is 0 Å². The summed E-state index contributed by atoms with van der Waals surface area (Å²) < 4.78 is 0.851. The second-order valence-electron chi connectivity index (χ2n) is 3.32. The van der Waals surface area contributed by atoms with Crippen molar-refractivity contribution in [2.75, 3.05) is 0 Å². The summed E-state index contributed by atoms with van der Waals surface area (Å²) in [7, 11) is 0. The Kier molecular flexibility index (Phi) is 6.33. The highest BCUT2D eigenvalue weighted by molar-refractivity contribution is 9.10. The molecular weight excluding hydrogens is 263 g/mol. The topological polar surface area (TPSA) is 38.9 Å². The van der Waals surface area contributed by atoms with Crippen molar-refractivity contribution in [3.63, 3.8) is 0 Å². The van der Waals surface area contributed by atoms with Crippen LogP contribution in [-0.4, -0.2) is 4.98 Å². The first-order valence-corrected chi connectivity index (χ1v) is 5.31. The highest BCUT2D eigenvalue weighted by atomic mass is 79.9. The van der Waals surface area contributed by atoms with Crippen LogP contribution in [0.5, 0.6) is 0 Å². The highest BCUT2D eigenvalue weighted by Gasteiger charge is 2.12. The van der Waals surface area contributed by atoms with Gasteiger partial charge >= 0.3 is 0 Å². The molecule has 2 N–H and O–H groups in total. The van der Waals surface area contributed by atoms with Crippen molar-refractivity contribution in [3.05, 3.63) is 28.5 Å². The van der Waals surface area contributed by atoms with E-state index in [0.717, 1.165) is 16.6 Å². The average Bonchev–Trinajstić information content (AvgIpc) is 2.15. The summed E-state index contributed by atoms with van der Waals surface area (Å²) in [6.45, 7) is 4.32. The molecule has 0 radical (unpaired) electrons. The molecule has 1 heterocycles. The van der Waals surface area contributed by atoms with Crippen molar-refractivity contribution in [1.82, 2.24) is 4.98 Å². The number of hydrogen-bond acceptors (Lipinski definition) is 2. The number of hydrogen-bond donors (Lipinski definition) is 1. The van der Waals surface area contributed by atoms with Crippen LogP contribution in [0.4, 0.5) is 0 Å². The maximum atomic E-state index is 6.07. The van der Waals surface area contributed by atoms with E-state index in [1.165, 1.54) is 0 Å². The molecule has 2 nitrogen and oxygen atoms in total. The van der Waals surface area contributed by atoms with Crippen molar-refractivity contribution in [1.29, 1.82) is 0 Å². The van der Waals surface area contributed by atoms with Crippen LogP contribution in [0.2, 0.25) is 0 Å². The van der Waals surface area contributed by atoms with Crippen LogP contribution in [0.15, 0.2) is 22.9 Å². The fourth-order valence-electron chi connectivity index (χ4n) is 1.21. The molecule has 0 saturated heterocycles. The van der Waals surface area contributed by atoms with Gasteiger partial charge in [0.1, 0.15) is 4.60 Å². The molecule has 1 aromatic heterocycles. The number of pyridine rings is 1. The van der Waals surface area contributed by atoms with Gasteiger partial charge in [0.05, 0.1) is 0 Å². The van der Waals surface area contributed by atoms with Gasteiger partial charge in [-0.15, -0.1) is 12.4 Å². The van der Waals surface area contributed by atoms with Gasteiger partial charge < -0.3 is 5.73 Å². The molecule has 0 amide bonds. The number of halogens is 2. The van der Waals surface area contributed by atoms with Gasteiger partial charge in [0.15, 0.2) is 0 Å². The Bertz CT molecular complexity index is 281. The lowest BCUT2D eigenvalue weighted by atomic mass is 9.94. The van der Waals surface area contributed by atoms with Gasteiger partial charge in [-0.25, -0.2) is 4.98 Å². The van der Waals surface area contributed by atoms with Crippen molar-refractivity contribution >= 4 is 28.3 Å². The molecule has 2 atom stereocenters. The standard InChI is InChI=1S/C10H15BrN2.ClH/c1-3-7(2)10(12)8-4-5-13-9(11)6-8;/h4-7,10H,3,12H2,1-2H3;1H/t7?,10-;/m1./s1. The number of nitrogens with zero attached hydrogens (tertiary/aromatic N) is 1. The molecule has 80 valence electrons. The van der Waals surface area contributed by atoms with Crippen molar-refractivity contribution < 1.29 is 0 Å². The lowest BCUT2D eigenvalue weighted by Gasteiger charge is -2.18. The minimum atomic E-state index is 0. The van der Waals surface area contributed by atoms with E-state index in [1.54, 1.807) is 6.20 Å². The SMILES string of the molecule is CCC(C)[C@@H](N)c1ccnc(Br)c1.Cl. The molecule has 0 saturated carbocycles. The Labute approximate surface area is 99.8 Å². The molecule has 0 aliphatic heterocycles.